The van der Waals surface area contributed by atoms with E-state index in [1.165, 1.54) is 11.8 Å². The number of nitrogens with one attached hydrogen (secondary N) is 1. The van der Waals surface area contributed by atoms with Gasteiger partial charge in [0.15, 0.2) is 5.16 Å². The molecule has 156 valence electrons. The molecule has 0 fully saturated rings. The van der Waals surface area contributed by atoms with Gasteiger partial charge in [-0.05, 0) is 17.5 Å². The lowest BCUT2D eigenvalue weighted by Crippen LogP contribution is -2.31. The summed E-state index contributed by atoms with van der Waals surface area (Å²) < 4.78 is 1.79. The third-order valence-electron chi connectivity index (χ3n) is 4.67. The third kappa shape index (κ3) is 6.18. The summed E-state index contributed by atoms with van der Waals surface area (Å²) >= 11 is 1.31. The summed E-state index contributed by atoms with van der Waals surface area (Å²) in [6.07, 6.45) is 1.36. The fourth-order valence-corrected chi connectivity index (χ4v) is 3.82. The molecule has 3 aromatic rings. The number of benzene rings is 2. The predicted molar refractivity (Wildman–Crippen MR) is 117 cm³/mol. The van der Waals surface area contributed by atoms with Gasteiger partial charge < -0.3 is 15.6 Å². The number of amides is 2. The normalized spacial score (nSPS) is 11.8. The van der Waals surface area contributed by atoms with Gasteiger partial charge in [-0.1, -0.05) is 72.4 Å². The first-order chi connectivity index (χ1) is 14.5. The smallest absolute Gasteiger partial charge is 0.230 e. The van der Waals surface area contributed by atoms with E-state index in [0.717, 1.165) is 11.1 Å². The molecule has 0 unspecified atom stereocenters. The lowest BCUT2D eigenvalue weighted by Gasteiger charge is -2.19. The van der Waals surface area contributed by atoms with E-state index in [9.17, 15) is 9.59 Å². The minimum absolute atomic E-state index is 0.0773. The van der Waals surface area contributed by atoms with Gasteiger partial charge in [0.05, 0.1) is 11.8 Å². The fourth-order valence-electron chi connectivity index (χ4n) is 3.08. The van der Waals surface area contributed by atoms with Crippen LogP contribution < -0.4 is 11.1 Å². The fraction of sp³-hybridized carbons (Fsp3) is 0.273. The van der Waals surface area contributed by atoms with Crippen LogP contribution in [0, 0.1) is 0 Å². The molecule has 1 atom stereocenters. The van der Waals surface area contributed by atoms with Gasteiger partial charge in [-0.2, -0.15) is 0 Å². The lowest BCUT2D eigenvalue weighted by molar-refractivity contribution is -0.119. The van der Waals surface area contributed by atoms with Gasteiger partial charge in [0.2, 0.25) is 11.8 Å². The topological polar surface area (TPSA) is 103 Å². The molecule has 0 radical (unpaired) electrons. The van der Waals surface area contributed by atoms with E-state index in [1.807, 2.05) is 55.6 Å². The van der Waals surface area contributed by atoms with Crippen LogP contribution in [0.4, 0.5) is 0 Å². The van der Waals surface area contributed by atoms with Gasteiger partial charge >= 0.3 is 0 Å². The number of thioether (sulfide) groups is 1. The minimum Gasteiger partial charge on any atom is -0.370 e. The summed E-state index contributed by atoms with van der Waals surface area (Å²) in [6, 6.07) is 19.9. The number of aryl methyl sites for hydroxylation is 1. The maximum absolute atomic E-state index is 12.7. The van der Waals surface area contributed by atoms with Gasteiger partial charge in [0.25, 0.3) is 0 Å². The molecule has 1 heterocycles. The molecular weight excluding hydrogens is 398 g/mol. The molecule has 7 nitrogen and oxygen atoms in total. The Bertz CT molecular complexity index is 976. The van der Waals surface area contributed by atoms with Crippen LogP contribution in [0.15, 0.2) is 65.8 Å². The number of carbonyl (C=O) groups is 2. The second-order valence-corrected chi connectivity index (χ2v) is 7.88. The standard InChI is InChI=1S/C22H25N5O2S/c1-27-20(13-12-19(23)28)25-26-22(27)30-15-21(29)24-18(17-10-6-3-7-11-17)14-16-8-4-2-5-9-16/h2-11,18H,12-15H2,1H3,(H2,23,28)(H,24,29)/t18-/m0/s1. The van der Waals surface area contributed by atoms with Crippen molar-refractivity contribution in [2.45, 2.75) is 30.5 Å². The number of hydrogen-bond donors (Lipinski definition) is 2. The van der Waals surface area contributed by atoms with Crippen LogP contribution in [-0.4, -0.2) is 32.3 Å². The van der Waals surface area contributed by atoms with E-state index in [-0.39, 0.29) is 30.0 Å². The van der Waals surface area contributed by atoms with Crippen LogP contribution in [0.3, 0.4) is 0 Å². The Labute approximate surface area is 180 Å². The lowest BCUT2D eigenvalue weighted by atomic mass is 9.99. The quantitative estimate of drug-likeness (QED) is 0.488. The molecule has 0 spiro atoms. The van der Waals surface area contributed by atoms with E-state index in [0.29, 0.717) is 23.8 Å². The molecule has 3 rings (SSSR count). The molecule has 0 saturated heterocycles. The van der Waals surface area contributed by atoms with Crippen LogP contribution in [0.5, 0.6) is 0 Å². The van der Waals surface area contributed by atoms with E-state index >= 15 is 0 Å². The molecule has 8 heteroatoms. The number of primary amides is 1. The summed E-state index contributed by atoms with van der Waals surface area (Å²) in [5, 5.41) is 12.0. The van der Waals surface area contributed by atoms with Crippen molar-refractivity contribution in [3.63, 3.8) is 0 Å². The number of hydrogen-bond acceptors (Lipinski definition) is 5. The third-order valence-corrected chi connectivity index (χ3v) is 5.69. The zero-order valence-electron chi connectivity index (χ0n) is 16.8. The summed E-state index contributed by atoms with van der Waals surface area (Å²) in [4.78, 5) is 23.6. The number of aromatic nitrogens is 3. The van der Waals surface area contributed by atoms with Crippen molar-refractivity contribution >= 4 is 23.6 Å². The number of rotatable bonds is 10. The minimum atomic E-state index is -0.378. The molecule has 0 aliphatic carbocycles. The molecule has 0 aliphatic rings. The molecule has 0 bridgehead atoms. The summed E-state index contributed by atoms with van der Waals surface area (Å²) in [6.45, 7) is 0. The summed E-state index contributed by atoms with van der Waals surface area (Å²) in [5.74, 6) is 0.436. The van der Waals surface area contributed by atoms with Crippen LogP contribution in [-0.2, 0) is 29.5 Å². The van der Waals surface area contributed by atoms with Gasteiger partial charge in [0.1, 0.15) is 5.82 Å². The Morgan fingerprint density at radius 1 is 1.07 bits per heavy atom. The molecule has 0 saturated carbocycles. The summed E-state index contributed by atoms with van der Waals surface area (Å²) in [5.41, 5.74) is 7.41. The predicted octanol–water partition coefficient (Wildman–Crippen LogP) is 2.43. The van der Waals surface area contributed by atoms with Crippen LogP contribution in [0.25, 0.3) is 0 Å². The van der Waals surface area contributed by atoms with Gasteiger partial charge in [-0.25, -0.2) is 0 Å². The van der Waals surface area contributed by atoms with Gasteiger partial charge in [0, 0.05) is 19.9 Å². The highest BCUT2D eigenvalue weighted by Gasteiger charge is 2.17. The molecular formula is C22H25N5O2S. The highest BCUT2D eigenvalue weighted by atomic mass is 32.2. The number of nitrogens with two attached hydrogens (primary N) is 1. The Morgan fingerprint density at radius 2 is 1.73 bits per heavy atom. The summed E-state index contributed by atoms with van der Waals surface area (Å²) in [7, 11) is 1.82. The van der Waals surface area contributed by atoms with Gasteiger partial charge in [-0.3, -0.25) is 9.59 Å². The first kappa shape index (κ1) is 21.6. The van der Waals surface area contributed by atoms with Crippen LogP contribution in [0.2, 0.25) is 0 Å². The second kappa shape index (κ2) is 10.6. The largest absolute Gasteiger partial charge is 0.370 e. The molecule has 2 aromatic carbocycles. The monoisotopic (exact) mass is 423 g/mol. The van der Waals surface area contributed by atoms with Crippen molar-refractivity contribution in [3.05, 3.63) is 77.6 Å². The van der Waals surface area contributed by atoms with Gasteiger partial charge in [-0.15, -0.1) is 10.2 Å². The van der Waals surface area contributed by atoms with E-state index in [1.54, 1.807) is 4.57 Å². The average Bonchev–Trinajstić information content (AvgIpc) is 3.11. The van der Waals surface area contributed by atoms with Crippen molar-refractivity contribution in [2.24, 2.45) is 12.8 Å². The Hall–Kier alpha value is -3.13. The van der Waals surface area contributed by atoms with Crippen molar-refractivity contribution in [1.82, 2.24) is 20.1 Å². The zero-order valence-corrected chi connectivity index (χ0v) is 17.6. The van der Waals surface area contributed by atoms with Crippen molar-refractivity contribution < 1.29 is 9.59 Å². The first-order valence-electron chi connectivity index (χ1n) is 9.70. The second-order valence-electron chi connectivity index (χ2n) is 6.93. The average molecular weight is 424 g/mol. The Kier molecular flexibility index (Phi) is 7.62. The molecule has 1 aromatic heterocycles. The van der Waals surface area contributed by atoms with Crippen molar-refractivity contribution in [1.29, 1.82) is 0 Å². The Morgan fingerprint density at radius 3 is 2.40 bits per heavy atom. The number of carbonyl (C=O) groups excluding carboxylic acids is 2. The highest BCUT2D eigenvalue weighted by Crippen LogP contribution is 2.20. The van der Waals surface area contributed by atoms with E-state index in [4.69, 9.17) is 5.73 Å². The molecule has 2 amide bonds. The molecule has 30 heavy (non-hydrogen) atoms. The van der Waals surface area contributed by atoms with E-state index < -0.39 is 0 Å². The molecule has 0 aliphatic heterocycles. The van der Waals surface area contributed by atoms with Crippen molar-refractivity contribution in [2.75, 3.05) is 5.75 Å². The van der Waals surface area contributed by atoms with Crippen LogP contribution in [0.1, 0.15) is 29.4 Å². The molecule has 3 N–H and O–H groups in total. The van der Waals surface area contributed by atoms with Crippen molar-refractivity contribution in [3.8, 4) is 0 Å². The first-order valence-corrected chi connectivity index (χ1v) is 10.7. The van der Waals surface area contributed by atoms with E-state index in [2.05, 4.69) is 27.6 Å². The SMILES string of the molecule is Cn1c(CCC(N)=O)nnc1SCC(=O)N[C@@H](Cc1ccccc1)c1ccccc1. The maximum atomic E-state index is 12.7. The highest BCUT2D eigenvalue weighted by molar-refractivity contribution is 7.99. The Balaban J connectivity index is 1.61. The van der Waals surface area contributed by atoms with Crippen LogP contribution >= 0.6 is 11.8 Å². The maximum Gasteiger partial charge on any atom is 0.230 e. The zero-order chi connectivity index (χ0) is 21.3. The number of nitrogens with zero attached hydrogens (tertiary/aromatic N) is 3.